The van der Waals surface area contributed by atoms with E-state index in [0.717, 1.165) is 0 Å². The molecule has 0 N–H and O–H groups in total. The Morgan fingerprint density at radius 3 is 2.23 bits per heavy atom. The van der Waals surface area contributed by atoms with Crippen LogP contribution in [-0.4, -0.2) is 48.9 Å². The molecule has 4 aromatic rings. The van der Waals surface area contributed by atoms with Crippen molar-refractivity contribution in [2.75, 3.05) is 27.3 Å². The maximum atomic E-state index is 13.7. The molecule has 1 aromatic heterocycles. The lowest BCUT2D eigenvalue weighted by atomic mass is 10.1. The standard InChI is InChI=1S/C31H31FN2O6/c1-4-13-33(31(37)22-14-25(38-2)16-26(15-22)39-3)19-29(35)34(17-21-9-11-24(32)12-10-21)18-23-20-40-28-8-6-5-7-27(28)30(23)36/h5-12,14-16,20H,4,13,17-19H2,1-3H3. The monoisotopic (exact) mass is 546 g/mol. The number of methoxy groups -OCH3 is 2. The Labute approximate surface area is 231 Å². The summed E-state index contributed by atoms with van der Waals surface area (Å²) >= 11 is 0. The van der Waals surface area contributed by atoms with Gasteiger partial charge in [-0.2, -0.15) is 0 Å². The van der Waals surface area contributed by atoms with Crippen LogP contribution >= 0.6 is 0 Å². The number of ether oxygens (including phenoxy) is 2. The minimum Gasteiger partial charge on any atom is -0.497 e. The second kappa shape index (κ2) is 12.9. The van der Waals surface area contributed by atoms with Crippen LogP contribution in [0.5, 0.6) is 11.5 Å². The molecule has 2 amide bonds. The lowest BCUT2D eigenvalue weighted by Gasteiger charge is -2.28. The molecule has 4 rings (SSSR count). The number of amides is 2. The molecule has 0 unspecified atom stereocenters. The molecule has 0 atom stereocenters. The van der Waals surface area contributed by atoms with Gasteiger partial charge in [0.05, 0.1) is 38.0 Å². The van der Waals surface area contributed by atoms with Crippen LogP contribution in [0.3, 0.4) is 0 Å². The number of para-hydroxylation sites is 1. The van der Waals surface area contributed by atoms with E-state index >= 15 is 0 Å². The van der Waals surface area contributed by atoms with Gasteiger partial charge in [0.15, 0.2) is 5.43 Å². The summed E-state index contributed by atoms with van der Waals surface area (Å²) in [6.07, 6.45) is 1.97. The third-order valence-electron chi connectivity index (χ3n) is 6.46. The second-order valence-corrected chi connectivity index (χ2v) is 9.29. The number of benzene rings is 3. The fourth-order valence-electron chi connectivity index (χ4n) is 4.37. The number of hydrogen-bond donors (Lipinski definition) is 0. The predicted octanol–water partition coefficient (Wildman–Crippen LogP) is 5.03. The van der Waals surface area contributed by atoms with Gasteiger partial charge in [0.25, 0.3) is 5.91 Å². The van der Waals surface area contributed by atoms with E-state index in [1.165, 1.54) is 42.4 Å². The van der Waals surface area contributed by atoms with Crippen LogP contribution in [0.1, 0.15) is 34.8 Å². The Bertz CT molecular complexity index is 1530. The molecule has 3 aromatic carbocycles. The van der Waals surface area contributed by atoms with Crippen LogP contribution < -0.4 is 14.9 Å². The highest BCUT2D eigenvalue weighted by molar-refractivity contribution is 5.97. The van der Waals surface area contributed by atoms with Crippen LogP contribution in [0.15, 0.2) is 82.2 Å². The van der Waals surface area contributed by atoms with Crippen LogP contribution in [0, 0.1) is 5.82 Å². The van der Waals surface area contributed by atoms with Crippen LogP contribution in [0.4, 0.5) is 4.39 Å². The summed E-state index contributed by atoms with van der Waals surface area (Å²) in [5.74, 6) is -0.240. The van der Waals surface area contributed by atoms with Gasteiger partial charge in [0.2, 0.25) is 5.91 Å². The van der Waals surface area contributed by atoms with Gasteiger partial charge in [0, 0.05) is 24.7 Å². The number of hydrogen-bond acceptors (Lipinski definition) is 6. The normalized spacial score (nSPS) is 10.8. The van der Waals surface area contributed by atoms with Crippen molar-refractivity contribution >= 4 is 22.8 Å². The zero-order valence-corrected chi connectivity index (χ0v) is 22.7. The third-order valence-corrected chi connectivity index (χ3v) is 6.46. The maximum Gasteiger partial charge on any atom is 0.254 e. The molecule has 0 bridgehead atoms. The van der Waals surface area contributed by atoms with Crippen LogP contribution in [0.2, 0.25) is 0 Å². The predicted molar refractivity (Wildman–Crippen MR) is 149 cm³/mol. The van der Waals surface area contributed by atoms with Crippen molar-refractivity contribution in [3.05, 3.63) is 106 Å². The van der Waals surface area contributed by atoms with Crippen molar-refractivity contribution in [3.63, 3.8) is 0 Å². The summed E-state index contributed by atoms with van der Waals surface area (Å²) in [4.78, 5) is 43.4. The summed E-state index contributed by atoms with van der Waals surface area (Å²) in [7, 11) is 2.99. The van der Waals surface area contributed by atoms with Gasteiger partial charge in [-0.15, -0.1) is 0 Å². The molecule has 0 saturated heterocycles. The number of fused-ring (bicyclic) bond motifs is 1. The quantitative estimate of drug-likeness (QED) is 0.262. The van der Waals surface area contributed by atoms with E-state index < -0.39 is 5.82 Å². The first-order valence-electron chi connectivity index (χ1n) is 12.9. The molecule has 0 spiro atoms. The highest BCUT2D eigenvalue weighted by Crippen LogP contribution is 2.24. The maximum absolute atomic E-state index is 13.7. The van der Waals surface area contributed by atoms with Gasteiger partial charge in [-0.05, 0) is 48.4 Å². The molecule has 9 heteroatoms. The van der Waals surface area contributed by atoms with Gasteiger partial charge in [-0.1, -0.05) is 31.2 Å². The molecule has 0 fully saturated rings. The Hall–Kier alpha value is -4.66. The van der Waals surface area contributed by atoms with E-state index in [-0.39, 0.29) is 36.9 Å². The van der Waals surface area contributed by atoms with Gasteiger partial charge in [-0.25, -0.2) is 4.39 Å². The number of halogens is 1. The smallest absolute Gasteiger partial charge is 0.254 e. The van der Waals surface area contributed by atoms with Gasteiger partial charge in [-0.3, -0.25) is 14.4 Å². The molecule has 1 heterocycles. The molecular formula is C31H31FN2O6. The Kier molecular flexibility index (Phi) is 9.16. The molecule has 0 aliphatic rings. The first-order valence-corrected chi connectivity index (χ1v) is 12.9. The first kappa shape index (κ1) is 28.4. The van der Waals surface area contributed by atoms with Crippen molar-refractivity contribution < 1.29 is 27.9 Å². The molecule has 208 valence electrons. The van der Waals surface area contributed by atoms with Crippen molar-refractivity contribution in [1.82, 2.24) is 9.80 Å². The summed E-state index contributed by atoms with van der Waals surface area (Å²) in [6.45, 7) is 2.06. The molecule has 0 aliphatic carbocycles. The second-order valence-electron chi connectivity index (χ2n) is 9.29. The van der Waals surface area contributed by atoms with Gasteiger partial charge < -0.3 is 23.7 Å². The Balaban J connectivity index is 1.64. The number of carbonyl (C=O) groups is 2. The van der Waals surface area contributed by atoms with E-state index in [1.54, 1.807) is 54.6 Å². The fourth-order valence-corrected chi connectivity index (χ4v) is 4.37. The molecular weight excluding hydrogens is 515 g/mol. The SMILES string of the molecule is CCCN(CC(=O)N(Cc1ccc(F)cc1)Cc1coc2ccccc2c1=O)C(=O)c1cc(OC)cc(OC)c1. The van der Waals surface area contributed by atoms with E-state index in [0.29, 0.717) is 52.1 Å². The lowest BCUT2D eigenvalue weighted by molar-refractivity contribution is -0.133. The number of nitrogens with zero attached hydrogens (tertiary/aromatic N) is 2. The summed E-state index contributed by atoms with van der Waals surface area (Å²) in [6, 6.07) is 17.5. The summed E-state index contributed by atoms with van der Waals surface area (Å²) in [5, 5.41) is 0.406. The minimum absolute atomic E-state index is 0.0511. The van der Waals surface area contributed by atoms with Crippen molar-refractivity contribution in [2.45, 2.75) is 26.4 Å². The molecule has 0 radical (unpaired) electrons. The lowest BCUT2D eigenvalue weighted by Crippen LogP contribution is -2.43. The van der Waals surface area contributed by atoms with E-state index in [1.807, 2.05) is 6.92 Å². The molecule has 0 saturated carbocycles. The Morgan fingerprint density at radius 2 is 1.57 bits per heavy atom. The zero-order chi connectivity index (χ0) is 28.6. The number of rotatable bonds is 11. The highest BCUT2D eigenvalue weighted by Gasteiger charge is 2.24. The van der Waals surface area contributed by atoms with Gasteiger partial charge >= 0.3 is 0 Å². The molecule has 40 heavy (non-hydrogen) atoms. The van der Waals surface area contributed by atoms with Crippen LogP contribution in [0.25, 0.3) is 11.0 Å². The van der Waals surface area contributed by atoms with Crippen molar-refractivity contribution in [3.8, 4) is 11.5 Å². The third kappa shape index (κ3) is 6.66. The highest BCUT2D eigenvalue weighted by atomic mass is 19.1. The zero-order valence-electron chi connectivity index (χ0n) is 22.7. The van der Waals surface area contributed by atoms with E-state index in [9.17, 15) is 18.8 Å². The number of carbonyl (C=O) groups excluding carboxylic acids is 2. The van der Waals surface area contributed by atoms with Gasteiger partial charge in [0.1, 0.15) is 29.4 Å². The largest absolute Gasteiger partial charge is 0.497 e. The molecule has 8 nitrogen and oxygen atoms in total. The van der Waals surface area contributed by atoms with E-state index in [2.05, 4.69) is 0 Å². The van der Waals surface area contributed by atoms with Crippen molar-refractivity contribution in [1.29, 1.82) is 0 Å². The summed E-state index contributed by atoms with van der Waals surface area (Å²) in [5.41, 5.74) is 1.48. The minimum atomic E-state index is -0.398. The fraction of sp³-hybridized carbons (Fsp3) is 0.258. The van der Waals surface area contributed by atoms with Crippen LogP contribution in [-0.2, 0) is 17.9 Å². The summed E-state index contributed by atoms with van der Waals surface area (Å²) < 4.78 is 29.8. The van der Waals surface area contributed by atoms with E-state index in [4.69, 9.17) is 13.9 Å². The molecule has 0 aliphatic heterocycles. The Morgan fingerprint density at radius 1 is 0.900 bits per heavy atom. The average Bonchev–Trinajstić information content (AvgIpc) is 2.98. The van der Waals surface area contributed by atoms with Crippen molar-refractivity contribution in [2.24, 2.45) is 0 Å². The average molecular weight is 547 g/mol. The topological polar surface area (TPSA) is 89.3 Å². The first-order chi connectivity index (χ1) is 19.3.